The molecule has 0 unspecified atom stereocenters. The molecule has 0 spiro atoms. The third-order valence-corrected chi connectivity index (χ3v) is 4.97. The zero-order valence-electron chi connectivity index (χ0n) is 13.0. The maximum Gasteiger partial charge on any atom is 0.0489 e. The van der Waals surface area contributed by atoms with E-state index in [4.69, 9.17) is 11.6 Å². The van der Waals surface area contributed by atoms with Crippen LogP contribution >= 0.6 is 27.5 Å². The van der Waals surface area contributed by atoms with Crippen molar-refractivity contribution in [2.45, 2.75) is 52.0 Å². The van der Waals surface area contributed by atoms with E-state index in [1.165, 1.54) is 37.7 Å². The summed E-state index contributed by atoms with van der Waals surface area (Å²) in [6, 6.07) is 6.65. The normalized spacial score (nSPS) is 17.5. The van der Waals surface area contributed by atoms with Crippen LogP contribution in [0, 0.1) is 5.92 Å². The van der Waals surface area contributed by atoms with Crippen LogP contribution in [0.1, 0.15) is 51.5 Å². The Balaban J connectivity index is 2.21. The second kappa shape index (κ2) is 8.36. The van der Waals surface area contributed by atoms with Gasteiger partial charge in [-0.1, -0.05) is 78.4 Å². The topological polar surface area (TPSA) is 12.0 Å². The molecule has 0 saturated heterocycles. The van der Waals surface area contributed by atoms with Gasteiger partial charge in [-0.25, -0.2) is 0 Å². The summed E-state index contributed by atoms with van der Waals surface area (Å²) in [5.74, 6) is 0.713. The maximum atomic E-state index is 6.38. The molecular formula is C18H25BrClN. The predicted octanol–water partition coefficient (Wildman–Crippen LogP) is 6.06. The van der Waals surface area contributed by atoms with Crippen molar-refractivity contribution < 1.29 is 0 Å². The van der Waals surface area contributed by atoms with Crippen LogP contribution in [0.25, 0.3) is 6.08 Å². The number of benzene rings is 1. The van der Waals surface area contributed by atoms with Crippen LogP contribution in [0.2, 0.25) is 5.02 Å². The average Bonchev–Trinajstić information content (AvgIpc) is 2.46. The summed E-state index contributed by atoms with van der Waals surface area (Å²) in [5.41, 5.74) is 2.64. The van der Waals surface area contributed by atoms with E-state index >= 15 is 0 Å². The first kappa shape index (κ1) is 17.1. The SMILES string of the molecule is CC(C)NC/C(=C/c1ccc(Br)cc1Cl)C1CCCCC1. The van der Waals surface area contributed by atoms with Gasteiger partial charge in [0.05, 0.1) is 0 Å². The number of hydrogen-bond donors (Lipinski definition) is 1. The Labute approximate surface area is 142 Å². The van der Waals surface area contributed by atoms with Crippen molar-refractivity contribution in [3.8, 4) is 0 Å². The first-order chi connectivity index (χ1) is 10.1. The number of hydrogen-bond acceptors (Lipinski definition) is 1. The Bertz CT molecular complexity index is 490. The van der Waals surface area contributed by atoms with Crippen molar-refractivity contribution in [2.75, 3.05) is 6.54 Å². The van der Waals surface area contributed by atoms with Gasteiger partial charge in [0.1, 0.15) is 0 Å². The highest BCUT2D eigenvalue weighted by Crippen LogP contribution is 2.32. The van der Waals surface area contributed by atoms with Crippen LogP contribution in [0.4, 0.5) is 0 Å². The summed E-state index contributed by atoms with van der Waals surface area (Å²) in [7, 11) is 0. The average molecular weight is 371 g/mol. The molecule has 0 atom stereocenters. The van der Waals surface area contributed by atoms with Crippen LogP contribution in [-0.4, -0.2) is 12.6 Å². The molecule has 1 N–H and O–H groups in total. The molecule has 2 rings (SSSR count). The minimum absolute atomic E-state index is 0.511. The molecule has 0 amide bonds. The van der Waals surface area contributed by atoms with Crippen LogP contribution in [-0.2, 0) is 0 Å². The van der Waals surface area contributed by atoms with Crippen molar-refractivity contribution in [2.24, 2.45) is 5.92 Å². The molecule has 116 valence electrons. The zero-order chi connectivity index (χ0) is 15.2. The van der Waals surface area contributed by atoms with Gasteiger partial charge in [0, 0.05) is 22.1 Å². The lowest BCUT2D eigenvalue weighted by atomic mass is 9.83. The van der Waals surface area contributed by atoms with E-state index in [1.807, 2.05) is 6.07 Å². The van der Waals surface area contributed by atoms with Crippen molar-refractivity contribution in [3.05, 3.63) is 38.8 Å². The minimum atomic E-state index is 0.511. The van der Waals surface area contributed by atoms with E-state index in [1.54, 1.807) is 0 Å². The molecule has 1 aromatic carbocycles. The Morgan fingerprint density at radius 1 is 1.33 bits per heavy atom. The van der Waals surface area contributed by atoms with Gasteiger partial charge in [0.15, 0.2) is 0 Å². The summed E-state index contributed by atoms with van der Waals surface area (Å²) < 4.78 is 1.03. The van der Waals surface area contributed by atoms with Crippen LogP contribution in [0.3, 0.4) is 0 Å². The summed E-state index contributed by atoms with van der Waals surface area (Å²) >= 11 is 9.85. The Morgan fingerprint density at radius 2 is 2.05 bits per heavy atom. The van der Waals surface area contributed by atoms with Gasteiger partial charge in [-0.3, -0.25) is 0 Å². The molecule has 0 aromatic heterocycles. The van der Waals surface area contributed by atoms with Crippen LogP contribution < -0.4 is 5.32 Å². The van der Waals surface area contributed by atoms with E-state index in [0.29, 0.717) is 12.0 Å². The molecule has 0 aliphatic heterocycles. The van der Waals surface area contributed by atoms with Crippen molar-refractivity contribution in [3.63, 3.8) is 0 Å². The molecule has 21 heavy (non-hydrogen) atoms. The minimum Gasteiger partial charge on any atom is -0.311 e. The molecule has 1 nitrogen and oxygen atoms in total. The lowest BCUT2D eigenvalue weighted by Gasteiger charge is -2.26. The first-order valence-electron chi connectivity index (χ1n) is 7.95. The standard InChI is InChI=1S/C18H25BrClN/c1-13(2)21-12-16(14-6-4-3-5-7-14)10-15-8-9-17(19)11-18(15)20/h8-11,13-14,21H,3-7,12H2,1-2H3/b16-10-. The van der Waals surface area contributed by atoms with Gasteiger partial charge in [-0.15, -0.1) is 0 Å². The summed E-state index contributed by atoms with van der Waals surface area (Å²) in [6.07, 6.45) is 9.05. The number of rotatable bonds is 5. The van der Waals surface area contributed by atoms with Gasteiger partial charge < -0.3 is 5.32 Å². The molecular weight excluding hydrogens is 346 g/mol. The Kier molecular flexibility index (Phi) is 6.78. The van der Waals surface area contributed by atoms with E-state index in [-0.39, 0.29) is 0 Å². The van der Waals surface area contributed by atoms with Gasteiger partial charge in [0.25, 0.3) is 0 Å². The molecule has 1 fully saturated rings. The Morgan fingerprint density at radius 3 is 2.67 bits per heavy atom. The van der Waals surface area contributed by atoms with E-state index < -0.39 is 0 Å². The van der Waals surface area contributed by atoms with Crippen LogP contribution in [0.15, 0.2) is 28.2 Å². The lowest BCUT2D eigenvalue weighted by Crippen LogP contribution is -2.27. The van der Waals surface area contributed by atoms with Crippen molar-refractivity contribution in [1.29, 1.82) is 0 Å². The third kappa shape index (κ3) is 5.43. The zero-order valence-corrected chi connectivity index (χ0v) is 15.3. The summed E-state index contributed by atoms with van der Waals surface area (Å²) in [4.78, 5) is 0. The Hall–Kier alpha value is -0.310. The predicted molar refractivity (Wildman–Crippen MR) is 96.8 cm³/mol. The second-order valence-corrected chi connectivity index (χ2v) is 7.58. The fraction of sp³-hybridized carbons (Fsp3) is 0.556. The van der Waals surface area contributed by atoms with E-state index in [0.717, 1.165) is 21.6 Å². The summed E-state index contributed by atoms with van der Waals surface area (Å²) in [5, 5.41) is 4.39. The number of halogens is 2. The quantitative estimate of drug-likeness (QED) is 0.663. The van der Waals surface area contributed by atoms with E-state index in [9.17, 15) is 0 Å². The fourth-order valence-electron chi connectivity index (χ4n) is 2.93. The molecule has 0 bridgehead atoms. The summed E-state index contributed by atoms with van der Waals surface area (Å²) in [6.45, 7) is 5.37. The van der Waals surface area contributed by atoms with Gasteiger partial charge in [0.2, 0.25) is 0 Å². The maximum absolute atomic E-state index is 6.38. The van der Waals surface area contributed by atoms with E-state index in [2.05, 4.69) is 53.3 Å². The molecule has 1 aliphatic carbocycles. The lowest BCUT2D eigenvalue weighted by molar-refractivity contribution is 0.394. The van der Waals surface area contributed by atoms with Gasteiger partial charge in [-0.2, -0.15) is 0 Å². The van der Waals surface area contributed by atoms with Gasteiger partial charge in [-0.05, 0) is 36.5 Å². The largest absolute Gasteiger partial charge is 0.311 e. The number of nitrogens with one attached hydrogen (secondary N) is 1. The molecule has 1 aliphatic rings. The molecule has 0 radical (unpaired) electrons. The third-order valence-electron chi connectivity index (χ3n) is 4.15. The van der Waals surface area contributed by atoms with Gasteiger partial charge >= 0.3 is 0 Å². The highest BCUT2D eigenvalue weighted by molar-refractivity contribution is 9.10. The van der Waals surface area contributed by atoms with Crippen LogP contribution in [0.5, 0.6) is 0 Å². The highest BCUT2D eigenvalue weighted by Gasteiger charge is 2.18. The van der Waals surface area contributed by atoms with Crippen molar-refractivity contribution in [1.82, 2.24) is 5.32 Å². The van der Waals surface area contributed by atoms with Crippen molar-refractivity contribution >= 4 is 33.6 Å². The fourth-order valence-corrected chi connectivity index (χ4v) is 3.65. The molecule has 3 heteroatoms. The smallest absolute Gasteiger partial charge is 0.0489 e. The molecule has 0 heterocycles. The molecule has 1 saturated carbocycles. The monoisotopic (exact) mass is 369 g/mol. The highest BCUT2D eigenvalue weighted by atomic mass is 79.9. The first-order valence-corrected chi connectivity index (χ1v) is 9.12. The molecule has 1 aromatic rings. The second-order valence-electron chi connectivity index (χ2n) is 6.26.